The van der Waals surface area contributed by atoms with Crippen molar-refractivity contribution in [2.75, 3.05) is 6.61 Å². The van der Waals surface area contributed by atoms with Crippen molar-refractivity contribution in [2.24, 2.45) is 5.73 Å². The fourth-order valence-corrected chi connectivity index (χ4v) is 0.970. The maximum atomic E-state index is 13.0. The van der Waals surface area contributed by atoms with E-state index in [1.54, 1.807) is 18.2 Å². The molecule has 0 aliphatic rings. The number of carbonyl (C=O) groups excluding carboxylic acids is 1. The van der Waals surface area contributed by atoms with E-state index in [9.17, 15) is 9.18 Å². The molecule has 1 amide bonds. The first-order valence-corrected chi connectivity index (χ1v) is 4.29. The van der Waals surface area contributed by atoms with Crippen molar-refractivity contribution in [3.8, 4) is 0 Å². The van der Waals surface area contributed by atoms with E-state index in [1.807, 2.05) is 0 Å². The second kappa shape index (κ2) is 5.34. The highest BCUT2D eigenvalue weighted by Crippen LogP contribution is 2.07. The molecule has 1 aromatic rings. The molecule has 0 aromatic heterocycles. The van der Waals surface area contributed by atoms with Gasteiger partial charge in [0.05, 0.1) is 13.2 Å². The number of hydrogen-bond donors (Lipinski definition) is 1. The van der Waals surface area contributed by atoms with Crippen LogP contribution in [0.25, 0.3) is 0 Å². The summed E-state index contributed by atoms with van der Waals surface area (Å²) in [7, 11) is 0. The number of benzene rings is 1. The maximum absolute atomic E-state index is 13.0. The number of carbonyl (C=O) groups is 1. The zero-order valence-electron chi connectivity index (χ0n) is 7.70. The van der Waals surface area contributed by atoms with Gasteiger partial charge in [-0.05, 0) is 6.07 Å². The van der Waals surface area contributed by atoms with Crippen molar-refractivity contribution in [3.63, 3.8) is 0 Å². The first-order chi connectivity index (χ1) is 6.70. The molecule has 0 saturated carbocycles. The van der Waals surface area contributed by atoms with E-state index in [0.717, 1.165) is 0 Å². The first kappa shape index (κ1) is 10.7. The molecule has 0 heterocycles. The Balaban J connectivity index is 2.31. The van der Waals surface area contributed by atoms with Crippen molar-refractivity contribution < 1.29 is 13.9 Å². The fourth-order valence-electron chi connectivity index (χ4n) is 0.970. The highest BCUT2D eigenvalue weighted by molar-refractivity contribution is 5.73. The van der Waals surface area contributed by atoms with E-state index in [1.165, 1.54) is 6.07 Å². The minimum absolute atomic E-state index is 0.161. The standard InChI is InChI=1S/C10H12FNO2/c11-9-4-2-1-3-8(9)7-14-6-5-10(12)13/h1-4H,5-7H2,(H2,12,13). The Labute approximate surface area is 81.7 Å². The van der Waals surface area contributed by atoms with Crippen molar-refractivity contribution in [1.82, 2.24) is 0 Å². The van der Waals surface area contributed by atoms with Gasteiger partial charge in [-0.15, -0.1) is 0 Å². The van der Waals surface area contributed by atoms with Crippen LogP contribution in [-0.2, 0) is 16.1 Å². The summed E-state index contributed by atoms with van der Waals surface area (Å²) in [5, 5.41) is 0. The summed E-state index contributed by atoms with van der Waals surface area (Å²) in [6, 6.07) is 6.35. The fraction of sp³-hybridized carbons (Fsp3) is 0.300. The number of hydrogen-bond acceptors (Lipinski definition) is 2. The number of ether oxygens (including phenoxy) is 1. The normalized spacial score (nSPS) is 10.1. The van der Waals surface area contributed by atoms with E-state index in [4.69, 9.17) is 10.5 Å². The molecule has 4 heteroatoms. The second-order valence-electron chi connectivity index (χ2n) is 2.86. The predicted octanol–water partition coefficient (Wildman–Crippen LogP) is 1.22. The third-order valence-electron chi connectivity index (χ3n) is 1.71. The number of rotatable bonds is 5. The molecule has 0 fully saturated rings. The van der Waals surface area contributed by atoms with Crippen LogP contribution >= 0.6 is 0 Å². The zero-order valence-corrected chi connectivity index (χ0v) is 7.70. The van der Waals surface area contributed by atoms with Gasteiger partial charge in [-0.25, -0.2) is 4.39 Å². The van der Waals surface area contributed by atoms with Crippen molar-refractivity contribution in [3.05, 3.63) is 35.6 Å². The highest BCUT2D eigenvalue weighted by atomic mass is 19.1. The van der Waals surface area contributed by atoms with Crippen LogP contribution < -0.4 is 5.73 Å². The monoisotopic (exact) mass is 197 g/mol. The smallest absolute Gasteiger partial charge is 0.219 e. The van der Waals surface area contributed by atoms with E-state index in [2.05, 4.69) is 0 Å². The second-order valence-corrected chi connectivity index (χ2v) is 2.86. The third kappa shape index (κ3) is 3.53. The lowest BCUT2D eigenvalue weighted by molar-refractivity contribution is -0.119. The molecule has 0 radical (unpaired) electrons. The van der Waals surface area contributed by atoms with Crippen molar-refractivity contribution in [2.45, 2.75) is 13.0 Å². The average molecular weight is 197 g/mol. The molecule has 0 atom stereocenters. The third-order valence-corrected chi connectivity index (χ3v) is 1.71. The molecule has 3 nitrogen and oxygen atoms in total. The molecule has 0 saturated heterocycles. The molecule has 1 aromatic carbocycles. The van der Waals surface area contributed by atoms with Gasteiger partial charge in [0.25, 0.3) is 0 Å². The van der Waals surface area contributed by atoms with E-state index >= 15 is 0 Å². The van der Waals surface area contributed by atoms with Crippen LogP contribution in [0.5, 0.6) is 0 Å². The topological polar surface area (TPSA) is 52.3 Å². The highest BCUT2D eigenvalue weighted by Gasteiger charge is 2.00. The van der Waals surface area contributed by atoms with Crippen LogP contribution in [-0.4, -0.2) is 12.5 Å². The molecule has 14 heavy (non-hydrogen) atoms. The van der Waals surface area contributed by atoms with E-state index in [0.29, 0.717) is 5.56 Å². The molecule has 76 valence electrons. The summed E-state index contributed by atoms with van der Waals surface area (Å²) >= 11 is 0. The Morgan fingerprint density at radius 1 is 1.43 bits per heavy atom. The van der Waals surface area contributed by atoms with Crippen molar-refractivity contribution in [1.29, 1.82) is 0 Å². The van der Waals surface area contributed by atoms with Gasteiger partial charge in [0, 0.05) is 12.0 Å². The molecule has 0 unspecified atom stereocenters. The Kier molecular flexibility index (Phi) is 4.07. The molecular weight excluding hydrogens is 185 g/mol. The van der Waals surface area contributed by atoms with E-state index in [-0.39, 0.29) is 25.5 Å². The minimum Gasteiger partial charge on any atom is -0.376 e. The van der Waals surface area contributed by atoms with E-state index < -0.39 is 5.91 Å². The Morgan fingerprint density at radius 2 is 2.14 bits per heavy atom. The lowest BCUT2D eigenvalue weighted by Gasteiger charge is -2.03. The largest absolute Gasteiger partial charge is 0.376 e. The molecule has 0 aliphatic carbocycles. The number of nitrogens with two attached hydrogens (primary N) is 1. The molecular formula is C10H12FNO2. The Hall–Kier alpha value is -1.42. The molecule has 2 N–H and O–H groups in total. The predicted molar refractivity (Wildman–Crippen MR) is 49.9 cm³/mol. The summed E-state index contributed by atoms with van der Waals surface area (Å²) in [5.74, 6) is -0.717. The van der Waals surface area contributed by atoms with Gasteiger partial charge in [0.2, 0.25) is 5.91 Å². The molecule has 0 spiro atoms. The van der Waals surface area contributed by atoms with Gasteiger partial charge in [-0.3, -0.25) is 4.79 Å². The number of primary amides is 1. The van der Waals surface area contributed by atoms with Crippen LogP contribution in [0.1, 0.15) is 12.0 Å². The van der Waals surface area contributed by atoms with Gasteiger partial charge in [-0.2, -0.15) is 0 Å². The molecule has 0 aliphatic heterocycles. The van der Waals surface area contributed by atoms with Gasteiger partial charge < -0.3 is 10.5 Å². The molecule has 1 rings (SSSR count). The number of halogens is 1. The Bertz CT molecular complexity index is 315. The Morgan fingerprint density at radius 3 is 2.79 bits per heavy atom. The summed E-state index contributed by atoms with van der Waals surface area (Å²) in [4.78, 5) is 10.3. The van der Waals surface area contributed by atoms with Crippen LogP contribution in [0.2, 0.25) is 0 Å². The SMILES string of the molecule is NC(=O)CCOCc1ccccc1F. The zero-order chi connectivity index (χ0) is 10.4. The van der Waals surface area contributed by atoms with Gasteiger partial charge in [-0.1, -0.05) is 18.2 Å². The van der Waals surface area contributed by atoms with Gasteiger partial charge >= 0.3 is 0 Å². The van der Waals surface area contributed by atoms with Crippen LogP contribution in [0.3, 0.4) is 0 Å². The van der Waals surface area contributed by atoms with Gasteiger partial charge in [0.1, 0.15) is 5.82 Å². The summed E-state index contributed by atoms with van der Waals surface area (Å²) in [5.41, 5.74) is 5.39. The quantitative estimate of drug-likeness (QED) is 0.721. The summed E-state index contributed by atoms with van der Waals surface area (Å²) in [6.07, 6.45) is 0.161. The first-order valence-electron chi connectivity index (χ1n) is 4.29. The lowest BCUT2D eigenvalue weighted by atomic mass is 10.2. The van der Waals surface area contributed by atoms with Crippen LogP contribution in [0.4, 0.5) is 4.39 Å². The van der Waals surface area contributed by atoms with Crippen LogP contribution in [0, 0.1) is 5.82 Å². The van der Waals surface area contributed by atoms with Crippen molar-refractivity contribution >= 4 is 5.91 Å². The van der Waals surface area contributed by atoms with Gasteiger partial charge in [0.15, 0.2) is 0 Å². The average Bonchev–Trinajstić information content (AvgIpc) is 2.15. The number of amides is 1. The summed E-state index contributed by atoms with van der Waals surface area (Å²) in [6.45, 7) is 0.392. The minimum atomic E-state index is -0.418. The maximum Gasteiger partial charge on any atom is 0.219 e. The molecule has 0 bridgehead atoms. The summed E-state index contributed by atoms with van der Waals surface area (Å²) < 4.78 is 18.1. The van der Waals surface area contributed by atoms with Crippen LogP contribution in [0.15, 0.2) is 24.3 Å². The lowest BCUT2D eigenvalue weighted by Crippen LogP contribution is -2.13.